The molecule has 8 heteroatoms. The van der Waals surface area contributed by atoms with Gasteiger partial charge in [-0.05, 0) is 57.5 Å². The van der Waals surface area contributed by atoms with Gasteiger partial charge in [-0.2, -0.15) is 0 Å². The molecule has 2 aromatic carbocycles. The average molecular weight is 542 g/mol. The minimum atomic E-state index is -0.669. The van der Waals surface area contributed by atoms with Crippen LogP contribution in [0.1, 0.15) is 44.9 Å². The molecule has 0 bridgehead atoms. The van der Waals surface area contributed by atoms with Gasteiger partial charge in [-0.1, -0.05) is 47.7 Å². The highest BCUT2D eigenvalue weighted by Gasteiger charge is 2.33. The second-order valence-corrected chi connectivity index (χ2v) is 10.6. The van der Waals surface area contributed by atoms with Gasteiger partial charge in [0.15, 0.2) is 4.80 Å². The highest BCUT2D eigenvalue weighted by Crippen LogP contribution is 2.32. The van der Waals surface area contributed by atoms with Gasteiger partial charge in [-0.15, -0.1) is 6.58 Å². The number of allylic oxidation sites excluding steroid dienone is 2. The van der Waals surface area contributed by atoms with Gasteiger partial charge in [0, 0.05) is 29.2 Å². The summed E-state index contributed by atoms with van der Waals surface area (Å²) in [5.74, 6) is 0.239. The van der Waals surface area contributed by atoms with Crippen molar-refractivity contribution < 1.29 is 14.3 Å². The fourth-order valence-electron chi connectivity index (χ4n) is 4.93. The first-order chi connectivity index (χ1) is 18.8. The fourth-order valence-corrected chi connectivity index (χ4v) is 5.97. The number of hydrogen-bond acceptors (Lipinski definition) is 6. The van der Waals surface area contributed by atoms with E-state index in [-0.39, 0.29) is 18.3 Å². The molecule has 39 heavy (non-hydrogen) atoms. The van der Waals surface area contributed by atoms with Crippen molar-refractivity contribution in [2.75, 3.05) is 6.61 Å². The molecule has 0 unspecified atom stereocenters. The van der Waals surface area contributed by atoms with Crippen LogP contribution >= 0.6 is 11.3 Å². The third kappa shape index (κ3) is 5.00. The number of carbonyl (C=O) groups excluding carboxylic acids is 1. The van der Waals surface area contributed by atoms with Crippen LogP contribution in [0.4, 0.5) is 0 Å². The summed E-state index contributed by atoms with van der Waals surface area (Å²) in [5.41, 5.74) is 3.47. The zero-order valence-corrected chi connectivity index (χ0v) is 23.3. The largest absolute Gasteiger partial charge is 0.491 e. The maximum absolute atomic E-state index is 14.0. The lowest BCUT2D eigenvalue weighted by atomic mass is 9.96. The van der Waals surface area contributed by atoms with E-state index in [2.05, 4.69) is 22.2 Å². The normalized spacial score (nSPS) is 15.4. The number of benzene rings is 2. The van der Waals surface area contributed by atoms with Gasteiger partial charge in [0.2, 0.25) is 0 Å². The molecule has 0 saturated heterocycles. The number of esters is 1. The van der Waals surface area contributed by atoms with E-state index in [1.165, 1.54) is 11.3 Å². The summed E-state index contributed by atoms with van der Waals surface area (Å²) in [7, 11) is 0. The molecule has 1 aliphatic rings. The number of hydrogen-bond donors (Lipinski definition) is 0. The Hall–Kier alpha value is -4.17. The molecule has 0 N–H and O–H groups in total. The molecule has 0 fully saturated rings. The molecule has 2 aromatic heterocycles. The van der Waals surface area contributed by atoms with Gasteiger partial charge >= 0.3 is 5.97 Å². The second-order valence-electron chi connectivity index (χ2n) is 9.58. The molecule has 7 nitrogen and oxygen atoms in total. The molecular formula is C31H31N3O4S. The van der Waals surface area contributed by atoms with Crippen LogP contribution in [-0.2, 0) is 16.1 Å². The Morgan fingerprint density at radius 1 is 1.18 bits per heavy atom. The smallest absolute Gasteiger partial charge is 0.338 e. The van der Waals surface area contributed by atoms with Crippen molar-refractivity contribution in [3.05, 3.63) is 109 Å². The van der Waals surface area contributed by atoms with Crippen molar-refractivity contribution in [2.24, 2.45) is 4.99 Å². The molecule has 5 rings (SSSR count). The monoisotopic (exact) mass is 541 g/mol. The molecule has 0 radical (unpaired) electrons. The summed E-state index contributed by atoms with van der Waals surface area (Å²) < 4.78 is 15.5. The number of aromatic nitrogens is 2. The molecule has 0 aliphatic carbocycles. The molecule has 4 aromatic rings. The Balaban J connectivity index is 1.69. The van der Waals surface area contributed by atoms with E-state index >= 15 is 0 Å². The van der Waals surface area contributed by atoms with Crippen molar-refractivity contribution in [3.8, 4) is 5.75 Å². The van der Waals surface area contributed by atoms with Crippen molar-refractivity contribution >= 4 is 34.3 Å². The lowest BCUT2D eigenvalue weighted by Crippen LogP contribution is -2.39. The van der Waals surface area contributed by atoms with Crippen LogP contribution < -0.4 is 19.6 Å². The van der Waals surface area contributed by atoms with Crippen molar-refractivity contribution in [1.29, 1.82) is 0 Å². The number of para-hydroxylation sites is 1. The Labute approximate surface area is 230 Å². The van der Waals surface area contributed by atoms with E-state index in [0.717, 1.165) is 27.8 Å². The van der Waals surface area contributed by atoms with Crippen LogP contribution in [0.25, 0.3) is 17.0 Å². The average Bonchev–Trinajstić information content (AvgIpc) is 3.40. The van der Waals surface area contributed by atoms with E-state index in [0.29, 0.717) is 27.1 Å². The zero-order chi connectivity index (χ0) is 27.7. The third-order valence-electron chi connectivity index (χ3n) is 6.52. The van der Waals surface area contributed by atoms with Gasteiger partial charge in [-0.25, -0.2) is 9.79 Å². The number of rotatable bonds is 8. The number of ether oxygens (including phenoxy) is 2. The highest BCUT2D eigenvalue weighted by atomic mass is 32.1. The number of fused-ring (bicyclic) bond motifs is 2. The Morgan fingerprint density at radius 2 is 1.92 bits per heavy atom. The molecule has 1 atom stereocenters. The summed E-state index contributed by atoms with van der Waals surface area (Å²) in [4.78, 5) is 32.3. The number of carbonyl (C=O) groups is 1. The second kappa shape index (κ2) is 10.9. The van der Waals surface area contributed by atoms with Crippen LogP contribution in [0.15, 0.2) is 88.4 Å². The van der Waals surface area contributed by atoms with Crippen molar-refractivity contribution in [1.82, 2.24) is 9.13 Å². The molecule has 200 valence electrons. The lowest BCUT2D eigenvalue weighted by molar-refractivity contribution is -0.139. The van der Waals surface area contributed by atoms with Crippen LogP contribution in [0, 0.1) is 0 Å². The summed E-state index contributed by atoms with van der Waals surface area (Å²) in [6.45, 7) is 12.2. The predicted octanol–water partition coefficient (Wildman–Crippen LogP) is 4.73. The first-order valence-electron chi connectivity index (χ1n) is 13.0. The van der Waals surface area contributed by atoms with Gasteiger partial charge in [0.25, 0.3) is 5.56 Å². The van der Waals surface area contributed by atoms with Crippen LogP contribution in [0.2, 0.25) is 0 Å². The van der Waals surface area contributed by atoms with Crippen LogP contribution in [-0.4, -0.2) is 27.8 Å². The topological polar surface area (TPSA) is 74.8 Å². The van der Waals surface area contributed by atoms with E-state index in [1.54, 1.807) is 18.4 Å². The van der Waals surface area contributed by atoms with Gasteiger partial charge in [0.1, 0.15) is 5.75 Å². The Kier molecular flexibility index (Phi) is 7.39. The quantitative estimate of drug-likeness (QED) is 0.239. The SMILES string of the molecule is C=CCn1cc(/C=c2\sc3n(c2=O)[C@H](c2ccc(OC(C)C)cc2)C(C(=O)OCC)=C(C)N=3)c2ccccc21. The molecule has 3 heterocycles. The summed E-state index contributed by atoms with van der Waals surface area (Å²) in [6, 6.07) is 14.9. The minimum absolute atomic E-state index is 0.0307. The summed E-state index contributed by atoms with van der Waals surface area (Å²) in [6.07, 6.45) is 5.82. The van der Waals surface area contributed by atoms with E-state index in [4.69, 9.17) is 9.47 Å². The third-order valence-corrected chi connectivity index (χ3v) is 7.50. The van der Waals surface area contributed by atoms with E-state index in [1.807, 2.05) is 74.7 Å². The summed E-state index contributed by atoms with van der Waals surface area (Å²) in [5, 5.41) is 1.05. The predicted molar refractivity (Wildman–Crippen MR) is 155 cm³/mol. The van der Waals surface area contributed by atoms with Crippen LogP contribution in [0.3, 0.4) is 0 Å². The highest BCUT2D eigenvalue weighted by molar-refractivity contribution is 7.07. The van der Waals surface area contributed by atoms with Crippen LogP contribution in [0.5, 0.6) is 5.75 Å². The zero-order valence-electron chi connectivity index (χ0n) is 22.5. The minimum Gasteiger partial charge on any atom is -0.491 e. The van der Waals surface area contributed by atoms with Gasteiger partial charge < -0.3 is 14.0 Å². The fraction of sp³-hybridized carbons (Fsp3) is 0.258. The van der Waals surface area contributed by atoms with Gasteiger partial charge in [0.05, 0.1) is 34.6 Å². The molecule has 0 saturated carbocycles. The first-order valence-corrected chi connectivity index (χ1v) is 13.8. The first kappa shape index (κ1) is 26.4. The number of nitrogens with zero attached hydrogens (tertiary/aromatic N) is 3. The van der Waals surface area contributed by atoms with E-state index < -0.39 is 12.0 Å². The van der Waals surface area contributed by atoms with E-state index in [9.17, 15) is 9.59 Å². The Bertz CT molecular complexity index is 1770. The maximum atomic E-state index is 14.0. The summed E-state index contributed by atoms with van der Waals surface area (Å²) >= 11 is 1.32. The standard InChI is InChI=1S/C31H31N3O4S/c1-6-16-33-18-22(24-10-8-9-11-25(24)33)17-26-29(35)34-28(21-12-14-23(15-13-21)38-19(3)4)27(30(36)37-7-2)20(5)32-31(34)39-26/h6,8-15,17-19,28H,1,7,16H2,2-5H3/b26-17-/t28-/m1/s1. The maximum Gasteiger partial charge on any atom is 0.338 e. The molecule has 0 amide bonds. The van der Waals surface area contributed by atoms with Crippen molar-refractivity contribution in [2.45, 2.75) is 46.4 Å². The molecule has 0 spiro atoms. The van der Waals surface area contributed by atoms with Crippen molar-refractivity contribution in [3.63, 3.8) is 0 Å². The Morgan fingerprint density at radius 3 is 2.62 bits per heavy atom. The lowest BCUT2D eigenvalue weighted by Gasteiger charge is -2.25. The molecule has 1 aliphatic heterocycles. The molecular weight excluding hydrogens is 510 g/mol. The number of thiazole rings is 1. The van der Waals surface area contributed by atoms with Gasteiger partial charge in [-0.3, -0.25) is 9.36 Å².